The summed E-state index contributed by atoms with van der Waals surface area (Å²) in [6, 6.07) is 5.34. The van der Waals surface area contributed by atoms with Crippen LogP contribution >= 0.6 is 0 Å². The zero-order chi connectivity index (χ0) is 13.5. The van der Waals surface area contributed by atoms with Gasteiger partial charge in [0, 0.05) is 18.6 Å². The van der Waals surface area contributed by atoms with Crippen molar-refractivity contribution in [1.29, 1.82) is 0 Å². The molecule has 18 heavy (non-hydrogen) atoms. The standard InChI is InChI=1S/C11H11N3O4/c1-2-11(16)10(7-15)13-12-8-3-5-9(6-4-8)14(17)18/h3-7,15H,2H2,1H3/b10-7-,13-12?. The number of allylic oxidation sites excluding steroid dienone is 1. The molecular formula is C11H11N3O4. The van der Waals surface area contributed by atoms with Crippen LogP contribution in [0.2, 0.25) is 0 Å². The monoisotopic (exact) mass is 249 g/mol. The minimum Gasteiger partial charge on any atom is -0.513 e. The zero-order valence-electron chi connectivity index (χ0n) is 9.61. The number of non-ortho nitro benzene ring substituents is 1. The molecule has 0 spiro atoms. The molecule has 0 aromatic heterocycles. The predicted octanol–water partition coefficient (Wildman–Crippen LogP) is 3.06. The lowest BCUT2D eigenvalue weighted by atomic mass is 10.2. The highest BCUT2D eigenvalue weighted by atomic mass is 16.6. The van der Waals surface area contributed by atoms with Crippen molar-refractivity contribution in [2.45, 2.75) is 13.3 Å². The largest absolute Gasteiger partial charge is 0.513 e. The van der Waals surface area contributed by atoms with Crippen LogP contribution in [-0.4, -0.2) is 15.8 Å². The highest BCUT2D eigenvalue weighted by Gasteiger charge is 2.06. The second-order valence-electron chi connectivity index (χ2n) is 3.26. The topological polar surface area (TPSA) is 105 Å². The highest BCUT2D eigenvalue weighted by molar-refractivity contribution is 5.94. The van der Waals surface area contributed by atoms with Crippen LogP contribution in [0.5, 0.6) is 0 Å². The highest BCUT2D eigenvalue weighted by Crippen LogP contribution is 2.19. The average molecular weight is 249 g/mol. The minimum atomic E-state index is -0.527. The Kier molecular flexibility index (Phi) is 4.67. The summed E-state index contributed by atoms with van der Waals surface area (Å²) < 4.78 is 0. The molecule has 7 nitrogen and oxygen atoms in total. The summed E-state index contributed by atoms with van der Waals surface area (Å²) in [7, 11) is 0. The van der Waals surface area contributed by atoms with Gasteiger partial charge in [-0.05, 0) is 12.1 Å². The van der Waals surface area contributed by atoms with E-state index in [1.165, 1.54) is 24.3 Å². The van der Waals surface area contributed by atoms with Crippen LogP contribution in [0, 0.1) is 10.1 Å². The van der Waals surface area contributed by atoms with Gasteiger partial charge in [0.25, 0.3) is 5.69 Å². The molecule has 0 radical (unpaired) electrons. The molecule has 0 amide bonds. The Bertz CT molecular complexity index is 506. The van der Waals surface area contributed by atoms with Gasteiger partial charge in [0.15, 0.2) is 11.5 Å². The Hall–Kier alpha value is -2.57. The van der Waals surface area contributed by atoms with Gasteiger partial charge in [-0.1, -0.05) is 6.92 Å². The lowest BCUT2D eigenvalue weighted by molar-refractivity contribution is -0.384. The predicted molar refractivity (Wildman–Crippen MR) is 63.6 cm³/mol. The van der Waals surface area contributed by atoms with Gasteiger partial charge in [0.1, 0.15) is 6.26 Å². The van der Waals surface area contributed by atoms with Gasteiger partial charge in [0.05, 0.1) is 10.6 Å². The SMILES string of the molecule is CCC(=O)/C(=C/O)N=Nc1ccc([N+](=O)[O-])cc1. The van der Waals surface area contributed by atoms with Crippen molar-refractivity contribution in [3.63, 3.8) is 0 Å². The van der Waals surface area contributed by atoms with E-state index in [0.717, 1.165) is 0 Å². The van der Waals surface area contributed by atoms with E-state index >= 15 is 0 Å². The van der Waals surface area contributed by atoms with Crippen molar-refractivity contribution < 1.29 is 14.8 Å². The molecule has 0 aliphatic rings. The molecular weight excluding hydrogens is 238 g/mol. The number of nitro groups is 1. The van der Waals surface area contributed by atoms with Crippen LogP contribution in [0.3, 0.4) is 0 Å². The van der Waals surface area contributed by atoms with Crippen molar-refractivity contribution >= 4 is 17.2 Å². The summed E-state index contributed by atoms with van der Waals surface area (Å²) in [5.74, 6) is -0.344. The van der Waals surface area contributed by atoms with E-state index in [0.29, 0.717) is 11.9 Å². The second-order valence-corrected chi connectivity index (χ2v) is 3.26. The molecule has 0 aliphatic heterocycles. The van der Waals surface area contributed by atoms with Crippen molar-refractivity contribution in [1.82, 2.24) is 0 Å². The van der Waals surface area contributed by atoms with E-state index in [9.17, 15) is 14.9 Å². The van der Waals surface area contributed by atoms with E-state index in [1.54, 1.807) is 6.92 Å². The summed E-state index contributed by atoms with van der Waals surface area (Å²) in [4.78, 5) is 21.1. The van der Waals surface area contributed by atoms with E-state index < -0.39 is 4.92 Å². The maximum atomic E-state index is 11.2. The normalized spacial score (nSPS) is 11.7. The van der Waals surface area contributed by atoms with Gasteiger partial charge >= 0.3 is 0 Å². The molecule has 0 saturated heterocycles. The van der Waals surface area contributed by atoms with Crippen molar-refractivity contribution in [2.24, 2.45) is 10.2 Å². The fourth-order valence-electron chi connectivity index (χ4n) is 1.09. The Labute approximate surface area is 103 Å². The number of ketones is 1. The fraction of sp³-hybridized carbons (Fsp3) is 0.182. The Morgan fingerprint density at radius 3 is 2.50 bits per heavy atom. The summed E-state index contributed by atoms with van der Waals surface area (Å²) in [6.45, 7) is 1.63. The van der Waals surface area contributed by atoms with Gasteiger partial charge in [0.2, 0.25) is 0 Å². The van der Waals surface area contributed by atoms with Crippen LogP contribution in [0.25, 0.3) is 0 Å². The summed E-state index contributed by atoms with van der Waals surface area (Å²) in [5, 5.41) is 26.5. The van der Waals surface area contributed by atoms with Crippen LogP contribution in [0.1, 0.15) is 13.3 Å². The number of Topliss-reactive ketones (excluding diaryl/α,β-unsaturated/α-hetero) is 1. The minimum absolute atomic E-state index is 0.0588. The molecule has 0 atom stereocenters. The van der Waals surface area contributed by atoms with Crippen LogP contribution in [0.15, 0.2) is 46.5 Å². The van der Waals surface area contributed by atoms with Crippen LogP contribution in [0.4, 0.5) is 11.4 Å². The number of carbonyl (C=O) groups excluding carboxylic acids is 1. The van der Waals surface area contributed by atoms with Crippen molar-refractivity contribution in [2.75, 3.05) is 0 Å². The number of nitrogens with zero attached hydrogens (tertiary/aromatic N) is 3. The number of hydrogen-bond acceptors (Lipinski definition) is 6. The number of hydrogen-bond donors (Lipinski definition) is 1. The van der Waals surface area contributed by atoms with E-state index in [-0.39, 0.29) is 23.6 Å². The van der Waals surface area contributed by atoms with E-state index in [2.05, 4.69) is 10.2 Å². The molecule has 0 heterocycles. The number of aliphatic hydroxyl groups is 1. The van der Waals surface area contributed by atoms with E-state index in [1.807, 2.05) is 0 Å². The first kappa shape index (κ1) is 13.5. The smallest absolute Gasteiger partial charge is 0.269 e. The van der Waals surface area contributed by atoms with E-state index in [4.69, 9.17) is 5.11 Å². The van der Waals surface area contributed by atoms with Crippen molar-refractivity contribution in [3.05, 3.63) is 46.3 Å². The Balaban J connectivity index is 2.84. The summed E-state index contributed by atoms with van der Waals surface area (Å²) >= 11 is 0. The molecule has 0 unspecified atom stereocenters. The van der Waals surface area contributed by atoms with Crippen LogP contribution < -0.4 is 0 Å². The van der Waals surface area contributed by atoms with Crippen molar-refractivity contribution in [3.8, 4) is 0 Å². The van der Waals surface area contributed by atoms with Crippen LogP contribution in [-0.2, 0) is 4.79 Å². The first-order chi connectivity index (χ1) is 8.58. The number of nitro benzene ring substituents is 1. The van der Waals surface area contributed by atoms with Gasteiger partial charge in [-0.2, -0.15) is 5.11 Å². The first-order valence-electron chi connectivity index (χ1n) is 5.12. The molecule has 1 aromatic rings. The third-order valence-corrected chi connectivity index (χ3v) is 2.06. The summed E-state index contributed by atoms with van der Waals surface area (Å²) in [5.41, 5.74) is 0.135. The maximum Gasteiger partial charge on any atom is 0.269 e. The van der Waals surface area contributed by atoms with Gasteiger partial charge in [-0.15, -0.1) is 5.11 Å². The molecule has 0 bridgehead atoms. The third-order valence-electron chi connectivity index (χ3n) is 2.06. The lowest BCUT2D eigenvalue weighted by Gasteiger charge is -1.95. The molecule has 0 aliphatic carbocycles. The van der Waals surface area contributed by atoms with Gasteiger partial charge < -0.3 is 5.11 Å². The Morgan fingerprint density at radius 2 is 2.06 bits per heavy atom. The number of azo groups is 1. The zero-order valence-corrected chi connectivity index (χ0v) is 9.61. The molecule has 94 valence electrons. The first-order valence-corrected chi connectivity index (χ1v) is 5.12. The lowest BCUT2D eigenvalue weighted by Crippen LogP contribution is -1.97. The third kappa shape index (κ3) is 3.48. The average Bonchev–Trinajstić information content (AvgIpc) is 2.39. The maximum absolute atomic E-state index is 11.2. The molecule has 0 fully saturated rings. The molecule has 0 saturated carbocycles. The number of carbonyl (C=O) groups is 1. The number of aliphatic hydroxyl groups excluding tert-OH is 1. The molecule has 1 N–H and O–H groups in total. The van der Waals surface area contributed by atoms with Gasteiger partial charge in [-0.25, -0.2) is 0 Å². The number of rotatable bonds is 5. The molecule has 1 aromatic carbocycles. The second kappa shape index (κ2) is 6.24. The number of benzene rings is 1. The van der Waals surface area contributed by atoms with Gasteiger partial charge in [-0.3, -0.25) is 14.9 Å². The summed E-state index contributed by atoms with van der Waals surface area (Å²) in [6.07, 6.45) is 0.784. The Morgan fingerprint density at radius 1 is 1.44 bits per heavy atom. The molecule has 7 heteroatoms. The fourth-order valence-corrected chi connectivity index (χ4v) is 1.09. The molecule has 1 rings (SSSR count). The quantitative estimate of drug-likeness (QED) is 0.284.